The van der Waals surface area contributed by atoms with Gasteiger partial charge in [-0.05, 0) is 30.5 Å². The van der Waals surface area contributed by atoms with Crippen molar-refractivity contribution in [1.82, 2.24) is 25.4 Å². The summed E-state index contributed by atoms with van der Waals surface area (Å²) in [5.74, 6) is 1.39. The van der Waals surface area contributed by atoms with Crippen molar-refractivity contribution in [3.05, 3.63) is 47.8 Å². The Morgan fingerprint density at radius 3 is 2.73 bits per heavy atom. The molecule has 1 aliphatic carbocycles. The zero-order valence-electron chi connectivity index (χ0n) is 15.5. The molecule has 1 fully saturated rings. The zero-order chi connectivity index (χ0) is 18.4. The zero-order valence-corrected chi connectivity index (χ0v) is 15.5. The third-order valence-electron chi connectivity index (χ3n) is 5.28. The van der Waals surface area contributed by atoms with Gasteiger partial charge in [0.05, 0.1) is 6.54 Å². The van der Waals surface area contributed by atoms with E-state index in [0.717, 1.165) is 30.8 Å². The van der Waals surface area contributed by atoms with Crippen molar-refractivity contribution in [2.45, 2.75) is 44.1 Å². The van der Waals surface area contributed by atoms with Crippen LogP contribution in [0.1, 0.15) is 43.5 Å². The minimum Gasteiger partial charge on any atom is -0.356 e. The van der Waals surface area contributed by atoms with Crippen LogP contribution in [-0.2, 0) is 19.0 Å². The van der Waals surface area contributed by atoms with Gasteiger partial charge in [0.2, 0.25) is 0 Å². The quantitative estimate of drug-likeness (QED) is 0.637. The molecule has 6 nitrogen and oxygen atoms in total. The predicted molar refractivity (Wildman–Crippen MR) is 100 cm³/mol. The summed E-state index contributed by atoms with van der Waals surface area (Å²) in [5, 5.41) is 10.8. The summed E-state index contributed by atoms with van der Waals surface area (Å²) in [7, 11) is 3.61. The van der Waals surface area contributed by atoms with Gasteiger partial charge in [-0.25, -0.2) is 9.37 Å². The number of nitrogens with one attached hydrogen (secondary N) is 2. The molecule has 0 atom stereocenters. The van der Waals surface area contributed by atoms with Gasteiger partial charge in [0.15, 0.2) is 5.96 Å². The maximum absolute atomic E-state index is 13.8. The van der Waals surface area contributed by atoms with Crippen molar-refractivity contribution in [2.24, 2.45) is 12.0 Å². The molecule has 0 unspecified atom stereocenters. The molecule has 1 aromatic heterocycles. The Labute approximate surface area is 153 Å². The van der Waals surface area contributed by atoms with Gasteiger partial charge in [0.1, 0.15) is 18.0 Å². The highest BCUT2D eigenvalue weighted by atomic mass is 19.1. The van der Waals surface area contributed by atoms with Gasteiger partial charge in [0, 0.05) is 26.1 Å². The summed E-state index contributed by atoms with van der Waals surface area (Å²) in [4.78, 5) is 8.51. The Bertz CT molecular complexity index is 748. The molecule has 2 aromatic rings. The Morgan fingerprint density at radius 1 is 1.27 bits per heavy atom. The van der Waals surface area contributed by atoms with E-state index < -0.39 is 0 Å². The number of guanidine groups is 1. The van der Waals surface area contributed by atoms with Gasteiger partial charge < -0.3 is 10.6 Å². The van der Waals surface area contributed by atoms with Gasteiger partial charge in [-0.1, -0.05) is 31.4 Å². The van der Waals surface area contributed by atoms with Crippen LogP contribution >= 0.6 is 0 Å². The summed E-state index contributed by atoms with van der Waals surface area (Å²) in [5.41, 5.74) is 1.02. The largest absolute Gasteiger partial charge is 0.356 e. The Hall–Kier alpha value is -2.44. The molecule has 1 heterocycles. The third-order valence-corrected chi connectivity index (χ3v) is 5.28. The van der Waals surface area contributed by atoms with Gasteiger partial charge >= 0.3 is 0 Å². The number of hydrogen-bond donors (Lipinski definition) is 2. The first-order valence-corrected chi connectivity index (χ1v) is 9.16. The lowest BCUT2D eigenvalue weighted by atomic mass is 9.69. The van der Waals surface area contributed by atoms with Crippen LogP contribution in [0.5, 0.6) is 0 Å². The second kappa shape index (κ2) is 8.29. The van der Waals surface area contributed by atoms with E-state index in [0.29, 0.717) is 12.5 Å². The number of halogens is 1. The van der Waals surface area contributed by atoms with Crippen LogP contribution in [0.25, 0.3) is 0 Å². The van der Waals surface area contributed by atoms with E-state index in [-0.39, 0.29) is 11.2 Å². The van der Waals surface area contributed by atoms with Crippen LogP contribution < -0.4 is 10.6 Å². The maximum atomic E-state index is 13.8. The van der Waals surface area contributed by atoms with Crippen molar-refractivity contribution in [3.8, 4) is 0 Å². The summed E-state index contributed by atoms with van der Waals surface area (Å²) in [6.45, 7) is 1.28. The van der Waals surface area contributed by atoms with Crippen LogP contribution in [0.2, 0.25) is 0 Å². The fourth-order valence-corrected chi connectivity index (χ4v) is 3.73. The normalized spacial score (nSPS) is 17.1. The number of aliphatic imine (C=N–C) groups is 1. The van der Waals surface area contributed by atoms with E-state index in [2.05, 4.69) is 25.7 Å². The standard InChI is InChI=1S/C19H27FN6/c1-21-18(22-12-17-24-14-25-26(17)2)23-13-19(9-4-3-5-10-19)15-7-6-8-16(20)11-15/h6-8,11,14H,3-5,9-10,12-13H2,1-2H3,(H2,21,22,23). The van der Waals surface area contributed by atoms with Crippen LogP contribution in [-0.4, -0.2) is 34.3 Å². The van der Waals surface area contributed by atoms with Gasteiger partial charge in [-0.2, -0.15) is 5.10 Å². The average Bonchev–Trinajstić information content (AvgIpc) is 3.07. The molecule has 3 rings (SSSR count). The molecule has 140 valence electrons. The van der Waals surface area contributed by atoms with E-state index in [9.17, 15) is 4.39 Å². The molecule has 1 aliphatic rings. The lowest BCUT2D eigenvalue weighted by Gasteiger charge is -2.38. The van der Waals surface area contributed by atoms with Crippen molar-refractivity contribution < 1.29 is 4.39 Å². The monoisotopic (exact) mass is 358 g/mol. The molecule has 0 radical (unpaired) electrons. The van der Waals surface area contributed by atoms with Crippen molar-refractivity contribution >= 4 is 5.96 Å². The molecular formula is C19H27FN6. The molecule has 0 saturated heterocycles. The number of aryl methyl sites for hydroxylation is 1. The smallest absolute Gasteiger partial charge is 0.191 e. The highest BCUT2D eigenvalue weighted by Gasteiger charge is 2.34. The molecule has 0 spiro atoms. The van der Waals surface area contributed by atoms with E-state index in [1.807, 2.05) is 19.2 Å². The molecule has 0 aliphatic heterocycles. The minimum absolute atomic E-state index is 0.0528. The third kappa shape index (κ3) is 4.20. The van der Waals surface area contributed by atoms with E-state index >= 15 is 0 Å². The van der Waals surface area contributed by atoms with E-state index in [1.165, 1.54) is 31.7 Å². The SMILES string of the molecule is CN=C(NCc1ncnn1C)NCC1(c2cccc(F)c2)CCCCC1. The molecule has 26 heavy (non-hydrogen) atoms. The number of rotatable bonds is 5. The molecule has 1 aromatic carbocycles. The molecule has 1 saturated carbocycles. The second-order valence-corrected chi connectivity index (χ2v) is 6.93. The average molecular weight is 358 g/mol. The topological polar surface area (TPSA) is 67.1 Å². The molecule has 7 heteroatoms. The number of hydrogen-bond acceptors (Lipinski definition) is 3. The van der Waals surface area contributed by atoms with Gasteiger partial charge in [0.25, 0.3) is 0 Å². The Balaban J connectivity index is 1.68. The van der Waals surface area contributed by atoms with Crippen molar-refractivity contribution in [1.29, 1.82) is 0 Å². The summed E-state index contributed by atoms with van der Waals surface area (Å²) < 4.78 is 15.5. The fourth-order valence-electron chi connectivity index (χ4n) is 3.73. The summed E-state index contributed by atoms with van der Waals surface area (Å²) in [6.07, 6.45) is 7.24. The highest BCUT2D eigenvalue weighted by molar-refractivity contribution is 5.79. The number of benzene rings is 1. The van der Waals surface area contributed by atoms with E-state index in [1.54, 1.807) is 17.8 Å². The van der Waals surface area contributed by atoms with Crippen LogP contribution in [0.3, 0.4) is 0 Å². The predicted octanol–water partition coefficient (Wildman–Crippen LogP) is 2.52. The molecule has 2 N–H and O–H groups in total. The van der Waals surface area contributed by atoms with Gasteiger partial charge in [-0.15, -0.1) is 0 Å². The first-order valence-electron chi connectivity index (χ1n) is 9.16. The van der Waals surface area contributed by atoms with Crippen molar-refractivity contribution in [2.75, 3.05) is 13.6 Å². The Morgan fingerprint density at radius 2 is 2.08 bits per heavy atom. The van der Waals surface area contributed by atoms with Gasteiger partial charge in [-0.3, -0.25) is 9.67 Å². The maximum Gasteiger partial charge on any atom is 0.191 e. The first-order chi connectivity index (χ1) is 12.6. The lowest BCUT2D eigenvalue weighted by Crippen LogP contribution is -2.46. The van der Waals surface area contributed by atoms with Crippen LogP contribution in [0.4, 0.5) is 4.39 Å². The molecule has 0 bridgehead atoms. The highest BCUT2D eigenvalue weighted by Crippen LogP contribution is 2.39. The van der Waals surface area contributed by atoms with Crippen molar-refractivity contribution in [3.63, 3.8) is 0 Å². The number of nitrogens with zero attached hydrogens (tertiary/aromatic N) is 4. The lowest BCUT2D eigenvalue weighted by molar-refractivity contribution is 0.290. The first kappa shape index (κ1) is 18.4. The molecular weight excluding hydrogens is 331 g/mol. The number of aromatic nitrogens is 3. The summed E-state index contributed by atoms with van der Waals surface area (Å²) in [6, 6.07) is 7.05. The second-order valence-electron chi connectivity index (χ2n) is 6.93. The van der Waals surface area contributed by atoms with Crippen LogP contribution in [0, 0.1) is 5.82 Å². The van der Waals surface area contributed by atoms with E-state index in [4.69, 9.17) is 0 Å². The Kier molecular flexibility index (Phi) is 5.85. The molecule has 0 amide bonds. The van der Waals surface area contributed by atoms with Crippen LogP contribution in [0.15, 0.2) is 35.6 Å². The summed E-state index contributed by atoms with van der Waals surface area (Å²) >= 11 is 0. The fraction of sp³-hybridized carbons (Fsp3) is 0.526. The minimum atomic E-state index is -0.169.